The topological polar surface area (TPSA) is 105 Å². The lowest BCUT2D eigenvalue weighted by molar-refractivity contribution is -0.00774. The molecule has 23 heavy (non-hydrogen) atoms. The number of hydrogen-bond acceptors (Lipinski definition) is 6. The van der Waals surface area contributed by atoms with Crippen molar-refractivity contribution in [3.63, 3.8) is 0 Å². The number of aromatic amines is 1. The van der Waals surface area contributed by atoms with Crippen LogP contribution in [0.1, 0.15) is 17.6 Å². The third-order valence-electron chi connectivity index (χ3n) is 3.49. The van der Waals surface area contributed by atoms with Gasteiger partial charge in [-0.15, -0.1) is 0 Å². The fourth-order valence-electron chi connectivity index (χ4n) is 2.41. The van der Waals surface area contributed by atoms with Gasteiger partial charge in [-0.25, -0.2) is 13.4 Å². The molecule has 0 bridgehead atoms. The lowest BCUT2D eigenvalue weighted by Crippen LogP contribution is -2.43. The van der Waals surface area contributed by atoms with Gasteiger partial charge in [-0.1, -0.05) is 0 Å². The molecule has 1 aliphatic rings. The van der Waals surface area contributed by atoms with E-state index in [1.54, 1.807) is 13.0 Å². The minimum absolute atomic E-state index is 0.0869. The highest BCUT2D eigenvalue weighted by molar-refractivity contribution is 7.89. The molecule has 1 saturated heterocycles. The lowest BCUT2D eigenvalue weighted by Gasteiger charge is -2.31. The number of aryl methyl sites for hydroxylation is 1. The Kier molecular flexibility index (Phi) is 4.24. The summed E-state index contributed by atoms with van der Waals surface area (Å²) in [6.45, 7) is 2.25. The minimum atomic E-state index is -3.65. The van der Waals surface area contributed by atoms with Crippen molar-refractivity contribution in [2.24, 2.45) is 0 Å². The third kappa shape index (κ3) is 3.31. The molecule has 0 saturated carbocycles. The quantitative estimate of drug-likeness (QED) is 0.860. The molecule has 0 unspecified atom stereocenters. The van der Waals surface area contributed by atoms with E-state index in [-0.39, 0.29) is 30.2 Å². The normalized spacial score (nSPS) is 19.6. The molecule has 9 heteroatoms. The Labute approximate surface area is 133 Å². The van der Waals surface area contributed by atoms with Gasteiger partial charge in [0.05, 0.1) is 6.61 Å². The first-order valence-electron chi connectivity index (χ1n) is 7.06. The zero-order valence-electron chi connectivity index (χ0n) is 12.5. The van der Waals surface area contributed by atoms with Crippen LogP contribution in [-0.4, -0.2) is 47.4 Å². The van der Waals surface area contributed by atoms with Crippen LogP contribution in [0.3, 0.4) is 0 Å². The molecule has 1 atom stereocenters. The molecule has 0 aliphatic carbocycles. The maximum absolute atomic E-state index is 12.6. The molecule has 0 amide bonds. The first-order valence-corrected chi connectivity index (χ1v) is 8.50. The number of aromatic nitrogens is 3. The number of rotatable bonds is 3. The van der Waals surface area contributed by atoms with E-state index in [1.807, 2.05) is 0 Å². The molecule has 1 fully saturated rings. The molecule has 0 aromatic carbocycles. The zero-order chi connectivity index (χ0) is 16.4. The summed E-state index contributed by atoms with van der Waals surface area (Å²) in [5, 5.41) is 0. The zero-order valence-corrected chi connectivity index (χ0v) is 13.3. The fraction of sp³-hybridized carbons (Fsp3) is 0.357. The highest BCUT2D eigenvalue weighted by Crippen LogP contribution is 2.23. The van der Waals surface area contributed by atoms with Gasteiger partial charge in [0, 0.05) is 37.2 Å². The standard InChI is InChI=1S/C14H16N4O4S/c1-10-7-13(19)17-14(16-10)12-9-18(5-6-22-12)23(20,21)11-3-2-4-15-8-11/h2-4,7-8,12H,5-6,9H2,1H3,(H,16,17,19)/t12-/m0/s1. The van der Waals surface area contributed by atoms with Crippen LogP contribution >= 0.6 is 0 Å². The Hall–Kier alpha value is -2.10. The van der Waals surface area contributed by atoms with Crippen LogP contribution in [0.15, 0.2) is 40.3 Å². The highest BCUT2D eigenvalue weighted by Gasteiger charge is 2.32. The van der Waals surface area contributed by atoms with Gasteiger partial charge in [-0.2, -0.15) is 4.31 Å². The molecule has 0 radical (unpaired) electrons. The minimum Gasteiger partial charge on any atom is -0.368 e. The third-order valence-corrected chi connectivity index (χ3v) is 5.34. The molecule has 2 aromatic rings. The number of ether oxygens (including phenoxy) is 1. The molecule has 8 nitrogen and oxygen atoms in total. The second-order valence-electron chi connectivity index (χ2n) is 5.18. The number of pyridine rings is 1. The van der Waals surface area contributed by atoms with E-state index in [2.05, 4.69) is 15.0 Å². The van der Waals surface area contributed by atoms with Crippen molar-refractivity contribution in [1.29, 1.82) is 0 Å². The van der Waals surface area contributed by atoms with Crippen LogP contribution in [0.5, 0.6) is 0 Å². The summed E-state index contributed by atoms with van der Waals surface area (Å²) in [4.78, 5) is 22.4. The Morgan fingerprint density at radius 1 is 1.43 bits per heavy atom. The number of morpholine rings is 1. The van der Waals surface area contributed by atoms with Crippen molar-refractivity contribution in [2.75, 3.05) is 19.7 Å². The van der Waals surface area contributed by atoms with Crippen molar-refractivity contribution < 1.29 is 13.2 Å². The SMILES string of the molecule is Cc1cc(=O)[nH]c([C@@H]2CN(S(=O)(=O)c3cccnc3)CCO2)n1. The largest absolute Gasteiger partial charge is 0.368 e. The Bertz CT molecular complexity index is 851. The van der Waals surface area contributed by atoms with Gasteiger partial charge in [0.25, 0.3) is 5.56 Å². The van der Waals surface area contributed by atoms with Crippen molar-refractivity contribution in [2.45, 2.75) is 17.9 Å². The van der Waals surface area contributed by atoms with E-state index in [9.17, 15) is 13.2 Å². The number of nitrogens with zero attached hydrogens (tertiary/aromatic N) is 3. The maximum Gasteiger partial charge on any atom is 0.251 e. The average molecular weight is 336 g/mol. The molecule has 3 heterocycles. The summed E-state index contributed by atoms with van der Waals surface area (Å²) in [5.41, 5.74) is 0.267. The lowest BCUT2D eigenvalue weighted by atomic mass is 10.3. The van der Waals surface area contributed by atoms with Crippen LogP contribution in [0.4, 0.5) is 0 Å². The molecular weight excluding hydrogens is 320 g/mol. The van der Waals surface area contributed by atoms with Gasteiger partial charge in [0.2, 0.25) is 10.0 Å². The fourth-order valence-corrected chi connectivity index (χ4v) is 3.80. The first kappa shape index (κ1) is 15.8. The Morgan fingerprint density at radius 3 is 2.96 bits per heavy atom. The average Bonchev–Trinajstić information content (AvgIpc) is 2.55. The summed E-state index contributed by atoms with van der Waals surface area (Å²) >= 11 is 0. The van der Waals surface area contributed by atoms with Crippen molar-refractivity contribution in [3.8, 4) is 0 Å². The maximum atomic E-state index is 12.6. The molecule has 2 aromatic heterocycles. The summed E-state index contributed by atoms with van der Waals surface area (Å²) in [5.74, 6) is 0.334. The summed E-state index contributed by atoms with van der Waals surface area (Å²) in [6, 6.07) is 4.44. The predicted octanol–water partition coefficient (Wildman–Crippen LogP) is 0.236. The number of hydrogen-bond donors (Lipinski definition) is 1. The Morgan fingerprint density at radius 2 is 2.26 bits per heavy atom. The molecule has 1 aliphatic heterocycles. The first-order chi connectivity index (χ1) is 11.0. The van der Waals surface area contributed by atoms with Crippen LogP contribution in [-0.2, 0) is 14.8 Å². The number of H-pyrrole nitrogens is 1. The van der Waals surface area contributed by atoms with Gasteiger partial charge >= 0.3 is 0 Å². The van der Waals surface area contributed by atoms with Gasteiger partial charge in [-0.05, 0) is 19.1 Å². The monoisotopic (exact) mass is 336 g/mol. The van der Waals surface area contributed by atoms with Gasteiger partial charge in [0.1, 0.15) is 16.8 Å². The summed E-state index contributed by atoms with van der Waals surface area (Å²) < 4.78 is 32.2. The van der Waals surface area contributed by atoms with E-state index in [4.69, 9.17) is 4.74 Å². The number of sulfonamides is 1. The second kappa shape index (κ2) is 6.19. The molecular formula is C14H16N4O4S. The van der Waals surface area contributed by atoms with Crippen molar-refractivity contribution in [1.82, 2.24) is 19.3 Å². The smallest absolute Gasteiger partial charge is 0.251 e. The highest BCUT2D eigenvalue weighted by atomic mass is 32.2. The molecule has 1 N–H and O–H groups in total. The van der Waals surface area contributed by atoms with Gasteiger partial charge < -0.3 is 9.72 Å². The van der Waals surface area contributed by atoms with E-state index in [0.29, 0.717) is 11.5 Å². The van der Waals surface area contributed by atoms with Crippen LogP contribution in [0, 0.1) is 6.92 Å². The summed E-state index contributed by atoms with van der Waals surface area (Å²) in [6.07, 6.45) is 2.22. The Balaban J connectivity index is 1.88. The van der Waals surface area contributed by atoms with E-state index >= 15 is 0 Å². The van der Waals surface area contributed by atoms with Crippen LogP contribution in [0.2, 0.25) is 0 Å². The van der Waals surface area contributed by atoms with Crippen LogP contribution in [0.25, 0.3) is 0 Å². The summed E-state index contributed by atoms with van der Waals surface area (Å²) in [7, 11) is -3.65. The van der Waals surface area contributed by atoms with Crippen LogP contribution < -0.4 is 5.56 Å². The predicted molar refractivity (Wildman–Crippen MR) is 81.3 cm³/mol. The van der Waals surface area contributed by atoms with Gasteiger partial charge in [-0.3, -0.25) is 9.78 Å². The van der Waals surface area contributed by atoms with Crippen molar-refractivity contribution in [3.05, 3.63) is 52.5 Å². The number of nitrogens with one attached hydrogen (secondary N) is 1. The molecule has 3 rings (SSSR count). The van der Waals surface area contributed by atoms with E-state index in [1.165, 1.54) is 28.8 Å². The molecule has 122 valence electrons. The second-order valence-corrected chi connectivity index (χ2v) is 7.12. The van der Waals surface area contributed by atoms with E-state index < -0.39 is 16.1 Å². The molecule has 0 spiro atoms. The van der Waals surface area contributed by atoms with E-state index in [0.717, 1.165) is 0 Å². The van der Waals surface area contributed by atoms with Crippen molar-refractivity contribution >= 4 is 10.0 Å². The van der Waals surface area contributed by atoms with Gasteiger partial charge in [0.15, 0.2) is 0 Å².